The van der Waals surface area contributed by atoms with Crippen LogP contribution < -0.4 is 0 Å². The van der Waals surface area contributed by atoms with E-state index < -0.39 is 5.41 Å². The van der Waals surface area contributed by atoms with E-state index in [1.54, 1.807) is 0 Å². The van der Waals surface area contributed by atoms with Crippen LogP contribution in [0.2, 0.25) is 0 Å². The highest BCUT2D eigenvalue weighted by Gasteiger charge is 2.45. The van der Waals surface area contributed by atoms with Crippen LogP contribution in [0.1, 0.15) is 22.3 Å². The largest absolute Gasteiger partial charge is 0.456 e. The van der Waals surface area contributed by atoms with E-state index in [-0.39, 0.29) is 0 Å². The van der Waals surface area contributed by atoms with Crippen molar-refractivity contribution >= 4 is 21.9 Å². The van der Waals surface area contributed by atoms with Gasteiger partial charge < -0.3 is 4.42 Å². The van der Waals surface area contributed by atoms with Gasteiger partial charge in [-0.2, -0.15) is 0 Å². The molecular weight excluding hydrogens is 753 g/mol. The molecule has 0 radical (unpaired) electrons. The summed E-state index contributed by atoms with van der Waals surface area (Å²) in [5.41, 5.74) is 18.1. The highest BCUT2D eigenvalue weighted by Crippen LogP contribution is 2.56. The minimum atomic E-state index is -0.475. The zero-order chi connectivity index (χ0) is 41.0. The summed E-state index contributed by atoms with van der Waals surface area (Å²) in [6.07, 6.45) is 0. The molecule has 0 saturated carbocycles. The van der Waals surface area contributed by atoms with Gasteiger partial charge in [-0.15, -0.1) is 0 Å². The topological polar surface area (TPSA) is 38.9 Å². The lowest BCUT2D eigenvalue weighted by Gasteiger charge is -2.34. The second-order valence-electron chi connectivity index (χ2n) is 16.1. The number of furan rings is 1. The summed E-state index contributed by atoms with van der Waals surface area (Å²) in [6.45, 7) is 0. The molecule has 0 aliphatic heterocycles. The van der Waals surface area contributed by atoms with Crippen molar-refractivity contribution < 1.29 is 4.42 Å². The van der Waals surface area contributed by atoms with Crippen LogP contribution in [-0.2, 0) is 5.41 Å². The van der Waals surface area contributed by atoms with E-state index in [9.17, 15) is 0 Å². The van der Waals surface area contributed by atoms with Crippen LogP contribution in [0, 0.1) is 0 Å². The third-order valence-corrected chi connectivity index (χ3v) is 12.6. The predicted octanol–water partition coefficient (Wildman–Crippen LogP) is 15.1. The Kier molecular flexibility index (Phi) is 8.39. The number of rotatable bonds is 7. The SMILES string of the molecule is c1ccc(-c2nc(-c3cccc(-c4cccc(C5(c6ccccc6)c6ccccc6-c6ccccc65)c4)c3)cc(-c3ccccc3-c3ccc4oc5ccccc5c4c3)n2)cc1. The monoisotopic (exact) mass is 790 g/mol. The second-order valence-corrected chi connectivity index (χ2v) is 16.1. The maximum Gasteiger partial charge on any atom is 0.160 e. The third kappa shape index (κ3) is 5.74. The molecule has 2 aromatic heterocycles. The van der Waals surface area contributed by atoms with Crippen molar-refractivity contribution in [3.05, 3.63) is 253 Å². The zero-order valence-electron chi connectivity index (χ0n) is 33.7. The van der Waals surface area contributed by atoms with Gasteiger partial charge in [0.25, 0.3) is 0 Å². The summed E-state index contributed by atoms with van der Waals surface area (Å²) in [4.78, 5) is 10.5. The van der Waals surface area contributed by atoms with Gasteiger partial charge in [-0.1, -0.05) is 194 Å². The summed E-state index contributed by atoms with van der Waals surface area (Å²) in [5, 5.41) is 2.20. The maximum atomic E-state index is 6.19. The van der Waals surface area contributed by atoms with Crippen molar-refractivity contribution in [2.24, 2.45) is 0 Å². The molecule has 0 spiro atoms. The molecule has 0 amide bonds. The van der Waals surface area contributed by atoms with E-state index >= 15 is 0 Å². The van der Waals surface area contributed by atoms with Crippen LogP contribution in [0.3, 0.4) is 0 Å². The molecular formula is C59H38N2O. The smallest absolute Gasteiger partial charge is 0.160 e. The van der Waals surface area contributed by atoms with Gasteiger partial charge in [0.15, 0.2) is 5.82 Å². The fraction of sp³-hybridized carbons (Fsp3) is 0.0169. The summed E-state index contributed by atoms with van der Waals surface area (Å²) in [5.74, 6) is 0.681. The first-order chi connectivity index (χ1) is 30.7. The molecule has 62 heavy (non-hydrogen) atoms. The molecule has 0 unspecified atom stereocenters. The molecule has 2 heterocycles. The normalized spacial score (nSPS) is 12.6. The number of nitrogens with zero attached hydrogens (tertiary/aromatic N) is 2. The number of benzene rings is 9. The van der Waals surface area contributed by atoms with Crippen molar-refractivity contribution in [1.82, 2.24) is 9.97 Å². The first-order valence-corrected chi connectivity index (χ1v) is 21.1. The van der Waals surface area contributed by atoms with Gasteiger partial charge in [-0.05, 0) is 92.0 Å². The van der Waals surface area contributed by atoms with Gasteiger partial charge in [0.1, 0.15) is 11.2 Å². The van der Waals surface area contributed by atoms with Gasteiger partial charge in [0.2, 0.25) is 0 Å². The molecule has 11 aromatic rings. The molecule has 0 saturated heterocycles. The van der Waals surface area contributed by atoms with E-state index in [2.05, 4.69) is 200 Å². The highest BCUT2D eigenvalue weighted by molar-refractivity contribution is 6.06. The van der Waals surface area contributed by atoms with E-state index in [1.165, 1.54) is 33.4 Å². The van der Waals surface area contributed by atoms with Crippen molar-refractivity contribution in [3.8, 4) is 67.3 Å². The molecule has 290 valence electrons. The molecule has 1 aliphatic carbocycles. The van der Waals surface area contributed by atoms with Crippen LogP contribution in [0.15, 0.2) is 235 Å². The lowest BCUT2D eigenvalue weighted by molar-refractivity contribution is 0.669. The van der Waals surface area contributed by atoms with E-state index in [0.717, 1.165) is 72.3 Å². The second kappa shape index (κ2) is 14.5. The molecule has 3 heteroatoms. The summed E-state index contributed by atoms with van der Waals surface area (Å²) in [7, 11) is 0. The van der Waals surface area contributed by atoms with Crippen molar-refractivity contribution in [3.63, 3.8) is 0 Å². The Balaban J connectivity index is 1.000. The van der Waals surface area contributed by atoms with Gasteiger partial charge in [0, 0.05) is 27.5 Å². The molecule has 0 N–H and O–H groups in total. The minimum absolute atomic E-state index is 0.475. The average molecular weight is 791 g/mol. The van der Waals surface area contributed by atoms with Gasteiger partial charge in [-0.3, -0.25) is 0 Å². The van der Waals surface area contributed by atoms with Gasteiger partial charge >= 0.3 is 0 Å². The summed E-state index contributed by atoms with van der Waals surface area (Å²) < 4.78 is 6.19. The predicted molar refractivity (Wildman–Crippen MR) is 254 cm³/mol. The van der Waals surface area contributed by atoms with Gasteiger partial charge in [0.05, 0.1) is 16.8 Å². The molecule has 9 aromatic carbocycles. The van der Waals surface area contributed by atoms with Crippen LogP contribution in [0.25, 0.3) is 89.2 Å². The first kappa shape index (κ1) is 35.8. The first-order valence-electron chi connectivity index (χ1n) is 21.1. The van der Waals surface area contributed by atoms with Gasteiger partial charge in [-0.25, -0.2) is 9.97 Å². The van der Waals surface area contributed by atoms with E-state index in [0.29, 0.717) is 5.82 Å². The van der Waals surface area contributed by atoms with Crippen LogP contribution in [0.5, 0.6) is 0 Å². The quantitative estimate of drug-likeness (QED) is 0.161. The lowest BCUT2D eigenvalue weighted by Crippen LogP contribution is -2.28. The summed E-state index contributed by atoms with van der Waals surface area (Å²) in [6, 6.07) is 82.3. The molecule has 12 rings (SSSR count). The number of hydrogen-bond donors (Lipinski definition) is 0. The molecule has 0 atom stereocenters. The Bertz CT molecular complexity index is 3430. The van der Waals surface area contributed by atoms with Crippen molar-refractivity contribution in [2.75, 3.05) is 0 Å². The number of aromatic nitrogens is 2. The standard InChI is InChI=1S/C59H38N2O/c1-3-17-39(18-4-1)58-60-54(38-55(61-58)49-28-8-7-25-46(49)42-33-34-57-51(37-42)50-29-11-14-32-56(50)62-57)43-21-15-19-40(35-43)41-20-16-24-45(36-41)59(44-22-5-2-6-23-44)52-30-12-9-26-47(52)48-27-10-13-31-53(48)59/h1-38H. The van der Waals surface area contributed by atoms with Crippen LogP contribution in [-0.4, -0.2) is 9.97 Å². The van der Waals surface area contributed by atoms with Crippen LogP contribution in [0.4, 0.5) is 0 Å². The molecule has 1 aliphatic rings. The van der Waals surface area contributed by atoms with E-state index in [4.69, 9.17) is 14.4 Å². The van der Waals surface area contributed by atoms with E-state index in [1.807, 2.05) is 30.3 Å². The highest BCUT2D eigenvalue weighted by atomic mass is 16.3. The average Bonchev–Trinajstić information content (AvgIpc) is 3.88. The summed E-state index contributed by atoms with van der Waals surface area (Å²) >= 11 is 0. The Morgan fingerprint density at radius 3 is 1.63 bits per heavy atom. The molecule has 3 nitrogen and oxygen atoms in total. The fourth-order valence-corrected chi connectivity index (χ4v) is 9.80. The molecule has 0 fully saturated rings. The lowest BCUT2D eigenvalue weighted by atomic mass is 9.67. The Morgan fingerprint density at radius 2 is 0.855 bits per heavy atom. The third-order valence-electron chi connectivity index (χ3n) is 12.6. The number of fused-ring (bicyclic) bond motifs is 6. The minimum Gasteiger partial charge on any atom is -0.456 e. The van der Waals surface area contributed by atoms with Crippen molar-refractivity contribution in [1.29, 1.82) is 0 Å². The molecule has 0 bridgehead atoms. The van der Waals surface area contributed by atoms with Crippen molar-refractivity contribution in [2.45, 2.75) is 5.41 Å². The number of para-hydroxylation sites is 1. The fourth-order valence-electron chi connectivity index (χ4n) is 9.80. The van der Waals surface area contributed by atoms with Crippen LogP contribution >= 0.6 is 0 Å². The Morgan fingerprint density at radius 1 is 0.306 bits per heavy atom. The number of hydrogen-bond acceptors (Lipinski definition) is 3. The zero-order valence-corrected chi connectivity index (χ0v) is 33.7. The Hall–Kier alpha value is -8.14. The maximum absolute atomic E-state index is 6.19. The Labute approximate surface area is 360 Å².